The lowest BCUT2D eigenvalue weighted by atomic mass is 10.2. The molecular weight excluding hydrogens is 399 g/mol. The van der Waals surface area contributed by atoms with Gasteiger partial charge in [0.25, 0.3) is 0 Å². The Bertz CT molecular complexity index is 931. The van der Waals surface area contributed by atoms with Crippen molar-refractivity contribution in [2.75, 3.05) is 32.1 Å². The summed E-state index contributed by atoms with van der Waals surface area (Å²) in [6, 6.07) is 8.81. The van der Waals surface area contributed by atoms with E-state index in [1.165, 1.54) is 42.3 Å². The summed E-state index contributed by atoms with van der Waals surface area (Å²) in [5.74, 6) is -0.103. The molecule has 0 radical (unpaired) electrons. The van der Waals surface area contributed by atoms with Crippen LogP contribution in [-0.4, -0.2) is 43.5 Å². The van der Waals surface area contributed by atoms with Crippen LogP contribution in [0.15, 0.2) is 42.5 Å². The highest BCUT2D eigenvalue weighted by atomic mass is 35.5. The third-order valence-corrected chi connectivity index (χ3v) is 4.41. The van der Waals surface area contributed by atoms with Crippen LogP contribution >= 0.6 is 11.6 Å². The van der Waals surface area contributed by atoms with E-state index in [-0.39, 0.29) is 18.4 Å². The number of nitrogens with zero attached hydrogens (tertiary/aromatic N) is 1. The number of benzene rings is 2. The van der Waals surface area contributed by atoms with Crippen LogP contribution in [0.25, 0.3) is 6.08 Å². The zero-order chi connectivity index (χ0) is 20.8. The van der Waals surface area contributed by atoms with E-state index in [2.05, 4.69) is 5.32 Å². The number of anilines is 1. The van der Waals surface area contributed by atoms with Gasteiger partial charge in [0.15, 0.2) is 11.5 Å². The number of halogens is 2. The minimum Gasteiger partial charge on any atom is -0.489 e. The third kappa shape index (κ3) is 5.71. The molecule has 0 spiro atoms. The first kappa shape index (κ1) is 20.7. The van der Waals surface area contributed by atoms with Gasteiger partial charge >= 0.3 is 0 Å². The van der Waals surface area contributed by atoms with Crippen molar-refractivity contribution in [2.45, 2.75) is 6.42 Å². The Kier molecular flexibility index (Phi) is 6.72. The Morgan fingerprint density at radius 1 is 1.21 bits per heavy atom. The first-order valence-corrected chi connectivity index (χ1v) is 9.38. The van der Waals surface area contributed by atoms with E-state index in [0.717, 1.165) is 6.42 Å². The summed E-state index contributed by atoms with van der Waals surface area (Å²) < 4.78 is 24.1. The largest absolute Gasteiger partial charge is 0.489 e. The maximum atomic E-state index is 12.9. The molecule has 6 nitrogen and oxygen atoms in total. The Balaban J connectivity index is 1.59. The second kappa shape index (κ2) is 9.43. The van der Waals surface area contributed by atoms with Crippen LogP contribution in [-0.2, 0) is 9.59 Å². The van der Waals surface area contributed by atoms with Gasteiger partial charge in [-0.05, 0) is 48.0 Å². The molecular formula is C21H20ClFN2O4. The Morgan fingerprint density at radius 3 is 2.69 bits per heavy atom. The average molecular weight is 419 g/mol. The van der Waals surface area contributed by atoms with Crippen LogP contribution in [0.2, 0.25) is 5.02 Å². The number of carbonyl (C=O) groups is 2. The monoisotopic (exact) mass is 418 g/mol. The molecule has 0 saturated heterocycles. The zero-order valence-electron chi connectivity index (χ0n) is 15.8. The fourth-order valence-electron chi connectivity index (χ4n) is 2.67. The maximum Gasteiger partial charge on any atom is 0.246 e. The molecule has 1 N–H and O–H groups in total. The number of ether oxygens (including phenoxy) is 2. The number of carbonyl (C=O) groups excluding carboxylic acids is 2. The number of rotatable bonds is 5. The fraction of sp³-hybridized carbons (Fsp3) is 0.238. The van der Waals surface area contributed by atoms with E-state index >= 15 is 0 Å². The predicted molar refractivity (Wildman–Crippen MR) is 109 cm³/mol. The molecule has 2 amide bonds. The molecule has 0 unspecified atom stereocenters. The van der Waals surface area contributed by atoms with E-state index in [0.29, 0.717) is 41.0 Å². The highest BCUT2D eigenvalue weighted by Crippen LogP contribution is 2.38. The molecule has 0 aliphatic carbocycles. The minimum atomic E-state index is -0.393. The van der Waals surface area contributed by atoms with Crippen molar-refractivity contribution in [3.05, 3.63) is 58.9 Å². The summed E-state index contributed by atoms with van der Waals surface area (Å²) >= 11 is 6.24. The summed E-state index contributed by atoms with van der Waals surface area (Å²) in [6.45, 7) is 0.912. The molecule has 0 atom stereocenters. The standard InChI is InChI=1S/C21H20ClFN2O4/c1-25(13-19(26)24-16-6-4-15(23)5-7-16)20(27)8-3-14-11-17(22)21-18(12-14)28-9-2-10-29-21/h3-8,11-12H,2,9-10,13H2,1H3,(H,24,26)/b8-3+. The van der Waals surface area contributed by atoms with Crippen LogP contribution in [0.1, 0.15) is 12.0 Å². The summed E-state index contributed by atoms with van der Waals surface area (Å²) in [4.78, 5) is 25.6. The highest BCUT2D eigenvalue weighted by Gasteiger charge is 2.15. The van der Waals surface area contributed by atoms with Gasteiger partial charge in [-0.25, -0.2) is 4.39 Å². The molecule has 8 heteroatoms. The van der Waals surface area contributed by atoms with E-state index < -0.39 is 5.82 Å². The second-order valence-corrected chi connectivity index (χ2v) is 6.87. The molecule has 0 fully saturated rings. The van der Waals surface area contributed by atoms with E-state index in [1.807, 2.05) is 0 Å². The van der Waals surface area contributed by atoms with E-state index in [1.54, 1.807) is 18.2 Å². The smallest absolute Gasteiger partial charge is 0.246 e. The average Bonchev–Trinajstić information content (AvgIpc) is 2.93. The van der Waals surface area contributed by atoms with Crippen LogP contribution in [0, 0.1) is 5.82 Å². The predicted octanol–water partition coefficient (Wildman–Crippen LogP) is 3.75. The number of nitrogens with one attached hydrogen (secondary N) is 1. The minimum absolute atomic E-state index is 0.150. The topological polar surface area (TPSA) is 67.9 Å². The Morgan fingerprint density at radius 2 is 1.93 bits per heavy atom. The molecule has 1 aliphatic rings. The van der Waals surface area contributed by atoms with Gasteiger partial charge in [0.2, 0.25) is 11.8 Å². The van der Waals surface area contributed by atoms with Gasteiger partial charge in [-0.3, -0.25) is 9.59 Å². The molecule has 1 heterocycles. The maximum absolute atomic E-state index is 12.9. The number of fused-ring (bicyclic) bond motifs is 1. The number of likely N-dealkylation sites (N-methyl/N-ethyl adjacent to an activating group) is 1. The normalized spacial score (nSPS) is 13.1. The van der Waals surface area contributed by atoms with Gasteiger partial charge in [-0.2, -0.15) is 0 Å². The van der Waals surface area contributed by atoms with Crippen LogP contribution < -0.4 is 14.8 Å². The van der Waals surface area contributed by atoms with Crippen molar-refractivity contribution in [3.63, 3.8) is 0 Å². The third-order valence-electron chi connectivity index (χ3n) is 4.13. The lowest BCUT2D eigenvalue weighted by Gasteiger charge is -2.15. The van der Waals surface area contributed by atoms with Gasteiger partial charge < -0.3 is 19.7 Å². The zero-order valence-corrected chi connectivity index (χ0v) is 16.5. The lowest BCUT2D eigenvalue weighted by Crippen LogP contribution is -2.33. The Labute approximate surface area is 172 Å². The van der Waals surface area contributed by atoms with Crippen molar-refractivity contribution in [1.29, 1.82) is 0 Å². The van der Waals surface area contributed by atoms with Crippen molar-refractivity contribution >= 4 is 35.2 Å². The first-order valence-electron chi connectivity index (χ1n) is 9.00. The van der Waals surface area contributed by atoms with Crippen molar-refractivity contribution in [3.8, 4) is 11.5 Å². The van der Waals surface area contributed by atoms with Gasteiger partial charge in [-0.15, -0.1) is 0 Å². The van der Waals surface area contributed by atoms with Crippen molar-refractivity contribution < 1.29 is 23.5 Å². The van der Waals surface area contributed by atoms with Gasteiger partial charge in [0.05, 0.1) is 24.8 Å². The first-order chi connectivity index (χ1) is 13.9. The van der Waals surface area contributed by atoms with Crippen molar-refractivity contribution in [1.82, 2.24) is 4.90 Å². The number of amides is 2. The Hall–Kier alpha value is -3.06. The van der Waals surface area contributed by atoms with Gasteiger partial charge in [-0.1, -0.05) is 11.6 Å². The van der Waals surface area contributed by atoms with Crippen molar-refractivity contribution in [2.24, 2.45) is 0 Å². The van der Waals surface area contributed by atoms with Crippen LogP contribution in [0.5, 0.6) is 11.5 Å². The quantitative estimate of drug-likeness (QED) is 0.751. The summed E-state index contributed by atoms with van der Waals surface area (Å²) in [5, 5.41) is 3.01. The van der Waals surface area contributed by atoms with Gasteiger partial charge in [0, 0.05) is 25.2 Å². The number of hydrogen-bond acceptors (Lipinski definition) is 4. The summed E-state index contributed by atoms with van der Waals surface area (Å²) in [7, 11) is 1.51. The molecule has 152 valence electrons. The number of hydrogen-bond donors (Lipinski definition) is 1. The molecule has 2 aromatic rings. The summed E-state index contributed by atoms with van der Waals surface area (Å²) in [6.07, 6.45) is 3.71. The summed E-state index contributed by atoms with van der Waals surface area (Å²) in [5.41, 5.74) is 1.13. The van der Waals surface area contributed by atoms with Gasteiger partial charge in [0.1, 0.15) is 5.82 Å². The van der Waals surface area contributed by atoms with Crippen LogP contribution in [0.4, 0.5) is 10.1 Å². The SMILES string of the molecule is CN(CC(=O)Nc1ccc(F)cc1)C(=O)/C=C/c1cc(Cl)c2c(c1)OCCCO2. The van der Waals surface area contributed by atoms with Crippen LogP contribution in [0.3, 0.4) is 0 Å². The highest BCUT2D eigenvalue weighted by molar-refractivity contribution is 6.32. The molecule has 29 heavy (non-hydrogen) atoms. The molecule has 2 aromatic carbocycles. The lowest BCUT2D eigenvalue weighted by molar-refractivity contribution is -0.129. The molecule has 3 rings (SSSR count). The van der Waals surface area contributed by atoms with E-state index in [9.17, 15) is 14.0 Å². The fourth-order valence-corrected chi connectivity index (χ4v) is 2.94. The molecule has 0 aromatic heterocycles. The van der Waals surface area contributed by atoms with E-state index in [4.69, 9.17) is 21.1 Å². The second-order valence-electron chi connectivity index (χ2n) is 6.46. The molecule has 0 saturated carbocycles. The molecule has 1 aliphatic heterocycles. The molecule has 0 bridgehead atoms.